The van der Waals surface area contributed by atoms with Crippen LogP contribution >= 0.6 is 0 Å². The van der Waals surface area contributed by atoms with Gasteiger partial charge in [-0.2, -0.15) is 0 Å². The van der Waals surface area contributed by atoms with Gasteiger partial charge in [0.15, 0.2) is 0 Å². The van der Waals surface area contributed by atoms with Gasteiger partial charge in [-0.1, -0.05) is 17.7 Å². The highest BCUT2D eigenvalue weighted by atomic mass is 16.4. The lowest BCUT2D eigenvalue weighted by Crippen LogP contribution is -2.08. The Bertz CT molecular complexity index is 477. The lowest BCUT2D eigenvalue weighted by Gasteiger charge is -2.11. The summed E-state index contributed by atoms with van der Waals surface area (Å²) in [6.07, 6.45) is 6.96. The van der Waals surface area contributed by atoms with E-state index >= 15 is 0 Å². The Morgan fingerprint density at radius 3 is 2.94 bits per heavy atom. The summed E-state index contributed by atoms with van der Waals surface area (Å²) >= 11 is 0. The Morgan fingerprint density at radius 2 is 2.28 bits per heavy atom. The van der Waals surface area contributed by atoms with Crippen LogP contribution in [0.5, 0.6) is 0 Å². The van der Waals surface area contributed by atoms with E-state index in [2.05, 4.69) is 11.4 Å². The van der Waals surface area contributed by atoms with Crippen LogP contribution in [0.1, 0.15) is 41.6 Å². The molecule has 2 N–H and O–H groups in total. The molecule has 0 fully saturated rings. The molecule has 2 rings (SSSR count). The summed E-state index contributed by atoms with van der Waals surface area (Å²) in [4.78, 5) is 11.1. The smallest absolute Gasteiger partial charge is 0.337 e. The number of benzene rings is 1. The molecule has 0 atom stereocenters. The van der Waals surface area contributed by atoms with E-state index in [0.717, 1.165) is 24.2 Å². The molecule has 0 unspecified atom stereocenters. The average Bonchev–Trinajstić information content (AvgIpc) is 2.82. The maximum absolute atomic E-state index is 11.1. The van der Waals surface area contributed by atoms with Crippen LogP contribution in [-0.4, -0.2) is 17.6 Å². The largest absolute Gasteiger partial charge is 0.478 e. The lowest BCUT2D eigenvalue weighted by molar-refractivity contribution is 0.0698. The van der Waals surface area contributed by atoms with Crippen molar-refractivity contribution in [1.82, 2.24) is 0 Å². The Balaban J connectivity index is 1.99. The highest BCUT2D eigenvalue weighted by Gasteiger charge is 2.10. The second kappa shape index (κ2) is 5.71. The van der Waals surface area contributed by atoms with Gasteiger partial charge in [0, 0.05) is 12.2 Å². The number of anilines is 1. The third kappa shape index (κ3) is 3.13. The van der Waals surface area contributed by atoms with Gasteiger partial charge in [0.1, 0.15) is 0 Å². The maximum atomic E-state index is 11.1. The van der Waals surface area contributed by atoms with Crippen LogP contribution in [0.2, 0.25) is 0 Å². The second-order valence-electron chi connectivity index (χ2n) is 4.79. The van der Waals surface area contributed by atoms with Crippen LogP contribution in [0.4, 0.5) is 5.69 Å². The zero-order chi connectivity index (χ0) is 13.0. The third-order valence-corrected chi connectivity index (χ3v) is 3.30. The van der Waals surface area contributed by atoms with E-state index in [1.807, 2.05) is 19.1 Å². The Hall–Kier alpha value is -1.77. The molecule has 0 heterocycles. The first-order chi connectivity index (χ1) is 8.66. The fourth-order valence-corrected chi connectivity index (χ4v) is 2.31. The van der Waals surface area contributed by atoms with E-state index in [1.54, 1.807) is 6.07 Å². The minimum atomic E-state index is -0.877. The van der Waals surface area contributed by atoms with Crippen molar-refractivity contribution in [3.63, 3.8) is 0 Å². The van der Waals surface area contributed by atoms with Crippen molar-refractivity contribution in [1.29, 1.82) is 0 Å². The molecule has 0 amide bonds. The summed E-state index contributed by atoms with van der Waals surface area (Å²) in [5.74, 6) is -0.877. The molecule has 0 aliphatic heterocycles. The Kier molecular flexibility index (Phi) is 4.03. The van der Waals surface area contributed by atoms with Crippen molar-refractivity contribution < 1.29 is 9.90 Å². The molecule has 3 heteroatoms. The summed E-state index contributed by atoms with van der Waals surface area (Å²) in [6, 6.07) is 5.38. The quantitative estimate of drug-likeness (QED) is 0.779. The molecule has 0 radical (unpaired) electrons. The van der Waals surface area contributed by atoms with E-state index in [4.69, 9.17) is 5.11 Å². The molecule has 18 heavy (non-hydrogen) atoms. The van der Waals surface area contributed by atoms with E-state index in [9.17, 15) is 4.79 Å². The highest BCUT2D eigenvalue weighted by molar-refractivity contribution is 5.94. The van der Waals surface area contributed by atoms with Crippen LogP contribution in [-0.2, 0) is 0 Å². The van der Waals surface area contributed by atoms with Crippen LogP contribution < -0.4 is 5.32 Å². The standard InChI is InChI=1S/C15H19NO2/c1-11-6-7-13(15(17)18)14(10-11)16-9-8-12-4-2-3-5-12/h4,6-7,10,16H,2-3,5,8-9H2,1H3,(H,17,18). The van der Waals surface area contributed by atoms with Crippen LogP contribution in [0.15, 0.2) is 29.8 Å². The summed E-state index contributed by atoms with van der Waals surface area (Å²) < 4.78 is 0. The van der Waals surface area contributed by atoms with Crippen molar-refractivity contribution in [2.24, 2.45) is 0 Å². The number of nitrogens with one attached hydrogen (secondary N) is 1. The van der Waals surface area contributed by atoms with E-state index < -0.39 is 5.97 Å². The van der Waals surface area contributed by atoms with Crippen molar-refractivity contribution >= 4 is 11.7 Å². The minimum absolute atomic E-state index is 0.348. The van der Waals surface area contributed by atoms with Crippen molar-refractivity contribution in [3.8, 4) is 0 Å². The number of carboxylic acid groups (broad SMARTS) is 1. The summed E-state index contributed by atoms with van der Waals surface area (Å²) in [5, 5.41) is 12.4. The van der Waals surface area contributed by atoms with Gasteiger partial charge in [0.05, 0.1) is 5.56 Å². The molecule has 96 valence electrons. The molecule has 1 aromatic rings. The monoisotopic (exact) mass is 245 g/mol. The zero-order valence-corrected chi connectivity index (χ0v) is 10.7. The van der Waals surface area contributed by atoms with Gasteiger partial charge < -0.3 is 10.4 Å². The number of carbonyl (C=O) groups is 1. The minimum Gasteiger partial charge on any atom is -0.478 e. The molecular formula is C15H19NO2. The number of aryl methyl sites for hydroxylation is 1. The number of aromatic carboxylic acids is 1. The van der Waals surface area contributed by atoms with Gasteiger partial charge in [-0.3, -0.25) is 0 Å². The van der Waals surface area contributed by atoms with Crippen LogP contribution in [0.25, 0.3) is 0 Å². The van der Waals surface area contributed by atoms with Gasteiger partial charge >= 0.3 is 5.97 Å². The lowest BCUT2D eigenvalue weighted by atomic mass is 10.1. The van der Waals surface area contributed by atoms with Gasteiger partial charge in [-0.05, 0) is 50.3 Å². The molecule has 0 bridgehead atoms. The molecule has 0 saturated heterocycles. The first-order valence-electron chi connectivity index (χ1n) is 6.42. The average molecular weight is 245 g/mol. The number of rotatable bonds is 5. The predicted octanol–water partition coefficient (Wildman–Crippen LogP) is 3.61. The molecular weight excluding hydrogens is 226 g/mol. The van der Waals surface area contributed by atoms with Gasteiger partial charge in [0.25, 0.3) is 0 Å². The second-order valence-corrected chi connectivity index (χ2v) is 4.79. The van der Waals surface area contributed by atoms with Gasteiger partial charge in [-0.25, -0.2) is 4.79 Å². The summed E-state index contributed by atoms with van der Waals surface area (Å²) in [5.41, 5.74) is 3.64. The van der Waals surface area contributed by atoms with E-state index in [0.29, 0.717) is 5.56 Å². The fraction of sp³-hybridized carbons (Fsp3) is 0.400. The fourth-order valence-electron chi connectivity index (χ4n) is 2.31. The van der Waals surface area contributed by atoms with Gasteiger partial charge in [0.2, 0.25) is 0 Å². The maximum Gasteiger partial charge on any atom is 0.337 e. The first kappa shape index (κ1) is 12.7. The topological polar surface area (TPSA) is 49.3 Å². The molecule has 0 spiro atoms. The Morgan fingerprint density at radius 1 is 1.44 bits per heavy atom. The van der Waals surface area contributed by atoms with Crippen molar-refractivity contribution in [2.45, 2.75) is 32.6 Å². The highest BCUT2D eigenvalue weighted by Crippen LogP contribution is 2.22. The van der Waals surface area contributed by atoms with Gasteiger partial charge in [-0.15, -0.1) is 0 Å². The van der Waals surface area contributed by atoms with Crippen LogP contribution in [0.3, 0.4) is 0 Å². The zero-order valence-electron chi connectivity index (χ0n) is 10.7. The molecule has 0 saturated carbocycles. The Labute approximate surface area is 108 Å². The molecule has 1 aliphatic rings. The molecule has 3 nitrogen and oxygen atoms in total. The van der Waals surface area contributed by atoms with Crippen molar-refractivity contribution in [2.75, 3.05) is 11.9 Å². The SMILES string of the molecule is Cc1ccc(C(=O)O)c(NCCC2=CCCC2)c1. The molecule has 0 aromatic heterocycles. The normalized spacial score (nSPS) is 14.4. The predicted molar refractivity (Wildman–Crippen MR) is 73.2 cm³/mol. The molecule has 1 aliphatic carbocycles. The van der Waals surface area contributed by atoms with E-state index in [1.165, 1.54) is 24.8 Å². The molecule has 1 aromatic carbocycles. The first-order valence-corrected chi connectivity index (χ1v) is 6.42. The number of hydrogen-bond donors (Lipinski definition) is 2. The number of carboxylic acids is 1. The van der Waals surface area contributed by atoms with Crippen molar-refractivity contribution in [3.05, 3.63) is 41.0 Å². The third-order valence-electron chi connectivity index (χ3n) is 3.30. The summed E-state index contributed by atoms with van der Waals surface area (Å²) in [6.45, 7) is 2.77. The number of hydrogen-bond acceptors (Lipinski definition) is 2. The number of allylic oxidation sites excluding steroid dienone is 1. The summed E-state index contributed by atoms with van der Waals surface area (Å²) in [7, 11) is 0. The van der Waals surface area contributed by atoms with Crippen LogP contribution in [0, 0.1) is 6.92 Å². The van der Waals surface area contributed by atoms with E-state index in [-0.39, 0.29) is 0 Å².